The molecule has 0 N–H and O–H groups in total. The van der Waals surface area contributed by atoms with Crippen LogP contribution >= 0.6 is 11.6 Å². The minimum Gasteiger partial charge on any atom is -0.265 e. The summed E-state index contributed by atoms with van der Waals surface area (Å²) in [5.74, 6) is -1.28. The number of benzene rings is 1. The molecule has 1 aromatic carbocycles. The molecule has 2 aromatic rings. The van der Waals surface area contributed by atoms with Crippen LogP contribution in [-0.2, 0) is 12.4 Å². The van der Waals surface area contributed by atoms with Crippen LogP contribution in [-0.4, -0.2) is 9.78 Å². The van der Waals surface area contributed by atoms with Crippen molar-refractivity contribution >= 4 is 11.6 Å². The highest BCUT2D eigenvalue weighted by Crippen LogP contribution is 2.17. The van der Waals surface area contributed by atoms with Crippen molar-refractivity contribution in [3.63, 3.8) is 0 Å². The summed E-state index contributed by atoms with van der Waals surface area (Å²) in [7, 11) is 0. The van der Waals surface area contributed by atoms with Crippen LogP contribution in [0.1, 0.15) is 22.5 Å². The van der Waals surface area contributed by atoms with Crippen molar-refractivity contribution in [2.24, 2.45) is 0 Å². The lowest BCUT2D eigenvalue weighted by molar-refractivity contribution is 0.505. The number of hydrogen-bond donors (Lipinski definition) is 0. The van der Waals surface area contributed by atoms with Crippen molar-refractivity contribution in [2.45, 2.75) is 26.3 Å². The van der Waals surface area contributed by atoms with Gasteiger partial charge in [0.25, 0.3) is 0 Å². The van der Waals surface area contributed by atoms with Gasteiger partial charge in [-0.2, -0.15) is 5.10 Å². The van der Waals surface area contributed by atoms with E-state index in [4.69, 9.17) is 11.6 Å². The minimum atomic E-state index is -0.841. The fourth-order valence-electron chi connectivity index (χ4n) is 1.89. The molecular weight excluding hydrogens is 258 g/mol. The highest BCUT2D eigenvalue weighted by Gasteiger charge is 2.11. The summed E-state index contributed by atoms with van der Waals surface area (Å²) in [5, 5.41) is 4.34. The van der Waals surface area contributed by atoms with Gasteiger partial charge in [-0.05, 0) is 31.5 Å². The fourth-order valence-corrected chi connectivity index (χ4v) is 2.28. The van der Waals surface area contributed by atoms with Crippen LogP contribution in [0.3, 0.4) is 0 Å². The molecule has 0 amide bonds. The quantitative estimate of drug-likeness (QED) is 0.780. The van der Waals surface area contributed by atoms with Gasteiger partial charge >= 0.3 is 0 Å². The molecule has 0 aliphatic carbocycles. The van der Waals surface area contributed by atoms with Gasteiger partial charge in [0.15, 0.2) is 11.6 Å². The summed E-state index contributed by atoms with van der Waals surface area (Å²) in [6.45, 7) is 4.20. The molecule has 1 heterocycles. The number of nitrogens with zero attached hydrogens (tertiary/aromatic N) is 2. The fraction of sp³-hybridized carbons (Fsp3) is 0.308. The van der Waals surface area contributed by atoms with Gasteiger partial charge in [0.2, 0.25) is 0 Å². The Morgan fingerprint density at radius 3 is 2.50 bits per heavy atom. The lowest BCUT2D eigenvalue weighted by Crippen LogP contribution is -2.05. The van der Waals surface area contributed by atoms with Crippen molar-refractivity contribution in [2.75, 3.05) is 0 Å². The molecule has 0 atom stereocenters. The van der Waals surface area contributed by atoms with E-state index in [-0.39, 0.29) is 0 Å². The first kappa shape index (κ1) is 13.0. The number of hydrogen-bond acceptors (Lipinski definition) is 1. The topological polar surface area (TPSA) is 17.8 Å². The van der Waals surface area contributed by atoms with Gasteiger partial charge in [0.1, 0.15) is 0 Å². The van der Waals surface area contributed by atoms with Crippen LogP contribution in [0.5, 0.6) is 0 Å². The molecule has 0 unspecified atom stereocenters. The zero-order chi connectivity index (χ0) is 13.3. The Hall–Kier alpha value is -1.42. The predicted octanol–water partition coefficient (Wildman–Crippen LogP) is 3.57. The molecule has 0 spiro atoms. The number of halogens is 3. The largest absolute Gasteiger partial charge is 0.265 e. The average Bonchev–Trinajstić information content (AvgIpc) is 2.59. The molecule has 0 aliphatic heterocycles. The molecule has 5 heteroatoms. The zero-order valence-corrected chi connectivity index (χ0v) is 10.9. The number of rotatable bonds is 3. The standard InChI is InChI=1S/C13H13ClF2N2/c1-8-11(6-14)9(2)18(17-8)7-10-3-4-12(15)13(16)5-10/h3-5H,6-7H2,1-2H3. The van der Waals surface area contributed by atoms with E-state index in [9.17, 15) is 8.78 Å². The van der Waals surface area contributed by atoms with Crippen molar-refractivity contribution < 1.29 is 8.78 Å². The molecule has 1 aromatic heterocycles. The van der Waals surface area contributed by atoms with Gasteiger partial charge in [0, 0.05) is 11.3 Å². The third kappa shape index (κ3) is 2.38. The Morgan fingerprint density at radius 2 is 1.94 bits per heavy atom. The summed E-state index contributed by atoms with van der Waals surface area (Å²) in [5.41, 5.74) is 3.47. The van der Waals surface area contributed by atoms with E-state index < -0.39 is 11.6 Å². The Balaban J connectivity index is 2.31. The number of aryl methyl sites for hydroxylation is 1. The maximum atomic E-state index is 13.1. The molecule has 0 aliphatic rings. The van der Waals surface area contributed by atoms with E-state index >= 15 is 0 Å². The highest BCUT2D eigenvalue weighted by molar-refractivity contribution is 6.17. The first-order valence-electron chi connectivity index (χ1n) is 5.55. The highest BCUT2D eigenvalue weighted by atomic mass is 35.5. The molecule has 2 nitrogen and oxygen atoms in total. The summed E-state index contributed by atoms with van der Waals surface area (Å²) in [4.78, 5) is 0. The van der Waals surface area contributed by atoms with E-state index in [1.165, 1.54) is 6.07 Å². The predicted molar refractivity (Wildman–Crippen MR) is 66.7 cm³/mol. The van der Waals surface area contributed by atoms with Crippen LogP contribution in [0.4, 0.5) is 8.78 Å². The van der Waals surface area contributed by atoms with Crippen LogP contribution in [0.25, 0.3) is 0 Å². The number of alkyl halides is 1. The zero-order valence-electron chi connectivity index (χ0n) is 10.2. The van der Waals surface area contributed by atoms with Crippen molar-refractivity contribution in [1.29, 1.82) is 0 Å². The van der Waals surface area contributed by atoms with Gasteiger partial charge in [-0.3, -0.25) is 4.68 Å². The Bertz CT molecular complexity index is 579. The summed E-state index contributed by atoms with van der Waals surface area (Å²) < 4.78 is 27.7. The second-order valence-corrected chi connectivity index (χ2v) is 4.46. The molecule has 0 bridgehead atoms. The third-order valence-corrected chi connectivity index (χ3v) is 3.25. The molecule has 0 saturated heterocycles. The Morgan fingerprint density at radius 1 is 1.22 bits per heavy atom. The second-order valence-electron chi connectivity index (χ2n) is 4.19. The van der Waals surface area contributed by atoms with E-state index in [1.807, 2.05) is 13.8 Å². The molecule has 0 fully saturated rings. The van der Waals surface area contributed by atoms with E-state index in [2.05, 4.69) is 5.10 Å². The lowest BCUT2D eigenvalue weighted by Gasteiger charge is -2.05. The van der Waals surface area contributed by atoms with Crippen molar-refractivity contribution in [3.05, 3.63) is 52.3 Å². The smallest absolute Gasteiger partial charge is 0.159 e. The normalized spacial score (nSPS) is 10.9. The van der Waals surface area contributed by atoms with Crippen LogP contribution in [0.15, 0.2) is 18.2 Å². The summed E-state index contributed by atoms with van der Waals surface area (Å²) in [6.07, 6.45) is 0. The van der Waals surface area contributed by atoms with Gasteiger partial charge < -0.3 is 0 Å². The van der Waals surface area contributed by atoms with Crippen LogP contribution in [0, 0.1) is 25.5 Å². The average molecular weight is 271 g/mol. The molecule has 96 valence electrons. The van der Waals surface area contributed by atoms with Crippen LogP contribution in [0.2, 0.25) is 0 Å². The van der Waals surface area contributed by atoms with E-state index in [0.717, 1.165) is 23.0 Å². The molecular formula is C13H13ClF2N2. The van der Waals surface area contributed by atoms with Crippen molar-refractivity contribution in [1.82, 2.24) is 9.78 Å². The van der Waals surface area contributed by atoms with Gasteiger partial charge in [-0.15, -0.1) is 11.6 Å². The number of aromatic nitrogens is 2. The summed E-state index contributed by atoms with van der Waals surface area (Å²) >= 11 is 5.84. The second kappa shape index (κ2) is 5.06. The monoisotopic (exact) mass is 270 g/mol. The van der Waals surface area contributed by atoms with Crippen LogP contribution < -0.4 is 0 Å². The van der Waals surface area contributed by atoms with E-state index in [1.54, 1.807) is 10.7 Å². The van der Waals surface area contributed by atoms with Gasteiger partial charge in [-0.25, -0.2) is 8.78 Å². The maximum Gasteiger partial charge on any atom is 0.159 e. The summed E-state index contributed by atoms with van der Waals surface area (Å²) in [6, 6.07) is 3.86. The van der Waals surface area contributed by atoms with E-state index in [0.29, 0.717) is 18.0 Å². The Kier molecular flexibility index (Phi) is 3.66. The van der Waals surface area contributed by atoms with Gasteiger partial charge in [-0.1, -0.05) is 6.07 Å². The molecule has 2 rings (SSSR count). The van der Waals surface area contributed by atoms with Crippen molar-refractivity contribution in [3.8, 4) is 0 Å². The minimum absolute atomic E-state index is 0.398. The first-order valence-corrected chi connectivity index (χ1v) is 6.09. The molecule has 0 saturated carbocycles. The maximum absolute atomic E-state index is 13.1. The third-order valence-electron chi connectivity index (χ3n) is 2.98. The molecule has 0 radical (unpaired) electrons. The molecule has 18 heavy (non-hydrogen) atoms. The van der Waals surface area contributed by atoms with Gasteiger partial charge in [0.05, 0.1) is 18.1 Å². The SMILES string of the molecule is Cc1nn(Cc2ccc(F)c(F)c2)c(C)c1CCl. The first-order chi connectivity index (χ1) is 8.52. The Labute approximate surface area is 109 Å². The lowest BCUT2D eigenvalue weighted by atomic mass is 10.2.